The first-order valence-electron chi connectivity index (χ1n) is 7.32. The summed E-state index contributed by atoms with van der Waals surface area (Å²) >= 11 is 0. The van der Waals surface area contributed by atoms with Crippen LogP contribution >= 0.6 is 0 Å². The molecule has 2 heterocycles. The van der Waals surface area contributed by atoms with Crippen molar-refractivity contribution in [3.05, 3.63) is 59.8 Å². The molecule has 3 rings (SSSR count). The van der Waals surface area contributed by atoms with Gasteiger partial charge in [-0.05, 0) is 36.8 Å². The molecule has 1 N–H and O–H groups in total. The van der Waals surface area contributed by atoms with Crippen LogP contribution in [0, 0.1) is 6.92 Å². The maximum atomic E-state index is 13.0. The minimum absolute atomic E-state index is 0.0485. The van der Waals surface area contributed by atoms with Crippen LogP contribution in [0.25, 0.3) is 23.2 Å². The molecule has 2 aromatic heterocycles. The van der Waals surface area contributed by atoms with Crippen LogP contribution in [0.4, 0.5) is 13.2 Å². The lowest BCUT2D eigenvalue weighted by Crippen LogP contribution is -2.05. The fourth-order valence-corrected chi connectivity index (χ4v) is 2.35. The highest BCUT2D eigenvalue weighted by Gasteiger charge is 2.31. The minimum atomic E-state index is -4.49. The summed E-state index contributed by atoms with van der Waals surface area (Å²) in [4.78, 5) is 15.4. The van der Waals surface area contributed by atoms with Gasteiger partial charge in [-0.15, -0.1) is 5.10 Å². The SMILES string of the molecule is Cc1cc(-c2ncn(C=C(C(=O)O)c3ccoc3)n2)cc(C(F)(F)F)c1. The zero-order chi connectivity index (χ0) is 18.9. The molecule has 26 heavy (non-hydrogen) atoms. The van der Waals surface area contributed by atoms with Gasteiger partial charge in [0.25, 0.3) is 0 Å². The monoisotopic (exact) mass is 363 g/mol. The predicted octanol–water partition coefficient (Wildman–Crippen LogP) is 3.95. The van der Waals surface area contributed by atoms with Crippen molar-refractivity contribution < 1.29 is 27.5 Å². The number of aliphatic carboxylic acids is 1. The summed E-state index contributed by atoms with van der Waals surface area (Å²) < 4.78 is 44.9. The third kappa shape index (κ3) is 3.66. The standard InChI is InChI=1S/C17H12F3N3O3/c1-10-4-12(6-13(5-10)17(18,19)20)15-21-9-23(22-15)7-14(16(24)25)11-2-3-26-8-11/h2-9H,1H3,(H,24,25). The summed E-state index contributed by atoms with van der Waals surface area (Å²) in [6.45, 7) is 1.54. The lowest BCUT2D eigenvalue weighted by Gasteiger charge is -2.09. The predicted molar refractivity (Wildman–Crippen MR) is 85.7 cm³/mol. The molecule has 0 atom stereocenters. The Kier molecular flexibility index (Phi) is 4.37. The number of carboxylic acid groups (broad SMARTS) is 1. The molecule has 0 saturated carbocycles. The molecule has 0 aliphatic carbocycles. The van der Waals surface area contributed by atoms with E-state index in [2.05, 4.69) is 10.1 Å². The van der Waals surface area contributed by atoms with Crippen LogP contribution in [0.5, 0.6) is 0 Å². The summed E-state index contributed by atoms with van der Waals surface area (Å²) in [5, 5.41) is 13.3. The number of benzene rings is 1. The van der Waals surface area contributed by atoms with Crippen LogP contribution in [0.15, 0.2) is 47.5 Å². The Morgan fingerprint density at radius 2 is 2.08 bits per heavy atom. The Labute approximate surface area is 145 Å². The molecule has 0 radical (unpaired) electrons. The molecule has 6 nitrogen and oxygen atoms in total. The number of carbonyl (C=O) groups is 1. The van der Waals surface area contributed by atoms with Gasteiger partial charge in [0.05, 0.1) is 23.7 Å². The third-order valence-corrected chi connectivity index (χ3v) is 3.50. The Morgan fingerprint density at radius 3 is 2.69 bits per heavy atom. The first-order valence-corrected chi connectivity index (χ1v) is 7.32. The average Bonchev–Trinajstić information content (AvgIpc) is 3.22. The summed E-state index contributed by atoms with van der Waals surface area (Å²) in [6, 6.07) is 4.97. The number of furan rings is 1. The highest BCUT2D eigenvalue weighted by Crippen LogP contribution is 2.32. The number of aryl methyl sites for hydroxylation is 1. The van der Waals surface area contributed by atoms with E-state index >= 15 is 0 Å². The molecule has 0 spiro atoms. The molecule has 0 aliphatic heterocycles. The van der Waals surface area contributed by atoms with E-state index in [9.17, 15) is 23.1 Å². The maximum Gasteiger partial charge on any atom is 0.416 e. The third-order valence-electron chi connectivity index (χ3n) is 3.50. The van der Waals surface area contributed by atoms with Gasteiger partial charge < -0.3 is 9.52 Å². The fraction of sp³-hybridized carbons (Fsp3) is 0.118. The van der Waals surface area contributed by atoms with Gasteiger partial charge in [-0.3, -0.25) is 0 Å². The molecule has 1 aromatic carbocycles. The van der Waals surface area contributed by atoms with Crippen LogP contribution in [0.1, 0.15) is 16.7 Å². The van der Waals surface area contributed by atoms with E-state index in [-0.39, 0.29) is 17.0 Å². The largest absolute Gasteiger partial charge is 0.478 e. The van der Waals surface area contributed by atoms with Crippen molar-refractivity contribution >= 4 is 17.7 Å². The summed E-state index contributed by atoms with van der Waals surface area (Å²) in [5.74, 6) is -1.16. The van der Waals surface area contributed by atoms with Crippen LogP contribution in [-0.2, 0) is 11.0 Å². The molecule has 0 unspecified atom stereocenters. The maximum absolute atomic E-state index is 13.0. The second-order valence-corrected chi connectivity index (χ2v) is 5.49. The van der Waals surface area contributed by atoms with Crippen molar-refractivity contribution in [2.45, 2.75) is 13.1 Å². The number of hydrogen-bond donors (Lipinski definition) is 1. The Hall–Kier alpha value is -3.36. The molecule has 9 heteroatoms. The van der Waals surface area contributed by atoms with Crippen molar-refractivity contribution in [1.29, 1.82) is 0 Å². The lowest BCUT2D eigenvalue weighted by atomic mass is 10.1. The van der Waals surface area contributed by atoms with E-state index in [1.807, 2.05) is 0 Å². The van der Waals surface area contributed by atoms with Gasteiger partial charge in [0, 0.05) is 17.3 Å². The molecule has 0 saturated heterocycles. The van der Waals surface area contributed by atoms with Gasteiger partial charge in [0.1, 0.15) is 6.33 Å². The van der Waals surface area contributed by atoms with Gasteiger partial charge in [0.15, 0.2) is 5.82 Å². The van der Waals surface area contributed by atoms with Gasteiger partial charge in [-0.25, -0.2) is 14.5 Å². The van der Waals surface area contributed by atoms with Crippen LogP contribution in [0.2, 0.25) is 0 Å². The van der Waals surface area contributed by atoms with Gasteiger partial charge in [-0.1, -0.05) is 0 Å². The Bertz CT molecular complexity index is 973. The topological polar surface area (TPSA) is 81.2 Å². The zero-order valence-corrected chi connectivity index (χ0v) is 13.4. The fourth-order valence-electron chi connectivity index (χ4n) is 2.35. The molecule has 134 valence electrons. The average molecular weight is 363 g/mol. The van der Waals surface area contributed by atoms with Crippen molar-refractivity contribution in [3.63, 3.8) is 0 Å². The second-order valence-electron chi connectivity index (χ2n) is 5.49. The molecule has 0 amide bonds. The second kappa shape index (κ2) is 6.51. The first-order chi connectivity index (χ1) is 12.2. The van der Waals surface area contributed by atoms with Gasteiger partial charge in [0.2, 0.25) is 0 Å². The number of halogens is 3. The lowest BCUT2D eigenvalue weighted by molar-refractivity contribution is -0.137. The van der Waals surface area contributed by atoms with Crippen molar-refractivity contribution in [2.75, 3.05) is 0 Å². The van der Waals surface area contributed by atoms with E-state index in [0.717, 1.165) is 16.8 Å². The molecule has 0 aliphatic rings. The number of aromatic nitrogens is 3. The van der Waals surface area contributed by atoms with E-state index in [4.69, 9.17) is 4.42 Å². The molecule has 0 fully saturated rings. The van der Waals surface area contributed by atoms with Gasteiger partial charge >= 0.3 is 12.1 Å². The minimum Gasteiger partial charge on any atom is -0.478 e. The van der Waals surface area contributed by atoms with Crippen LogP contribution in [0.3, 0.4) is 0 Å². The number of hydrogen-bond acceptors (Lipinski definition) is 4. The Morgan fingerprint density at radius 1 is 1.31 bits per heavy atom. The number of nitrogens with zero attached hydrogens (tertiary/aromatic N) is 3. The number of alkyl halides is 3. The van der Waals surface area contributed by atoms with Crippen molar-refractivity contribution in [2.24, 2.45) is 0 Å². The van der Waals surface area contributed by atoms with E-state index in [1.54, 1.807) is 0 Å². The zero-order valence-electron chi connectivity index (χ0n) is 13.4. The van der Waals surface area contributed by atoms with Gasteiger partial charge in [-0.2, -0.15) is 13.2 Å². The molecule has 0 bridgehead atoms. The number of rotatable bonds is 4. The summed E-state index contributed by atoms with van der Waals surface area (Å²) in [6.07, 6.45) is 0.511. The van der Waals surface area contributed by atoms with Crippen LogP contribution < -0.4 is 0 Å². The summed E-state index contributed by atoms with van der Waals surface area (Å²) in [5.41, 5.74) is 0.0138. The van der Waals surface area contributed by atoms with Crippen molar-refractivity contribution in [3.8, 4) is 11.4 Å². The first kappa shape index (κ1) is 17.5. The number of carboxylic acids is 1. The highest BCUT2D eigenvalue weighted by molar-refractivity contribution is 6.19. The quantitative estimate of drug-likeness (QED) is 0.710. The van der Waals surface area contributed by atoms with E-state index in [0.29, 0.717) is 11.1 Å². The normalized spacial score (nSPS) is 12.4. The smallest absolute Gasteiger partial charge is 0.416 e. The van der Waals surface area contributed by atoms with E-state index < -0.39 is 17.7 Å². The highest BCUT2D eigenvalue weighted by atomic mass is 19.4. The molecular weight excluding hydrogens is 351 g/mol. The molecular formula is C17H12F3N3O3. The van der Waals surface area contributed by atoms with E-state index in [1.165, 1.54) is 44.1 Å². The van der Waals surface area contributed by atoms with Crippen molar-refractivity contribution in [1.82, 2.24) is 14.8 Å². The van der Waals surface area contributed by atoms with Crippen LogP contribution in [-0.4, -0.2) is 25.8 Å². The Balaban J connectivity index is 1.99. The molecule has 3 aromatic rings. The summed E-state index contributed by atoms with van der Waals surface area (Å²) in [7, 11) is 0.